The van der Waals surface area contributed by atoms with Crippen LogP contribution in [-0.4, -0.2) is 5.78 Å². The number of Topliss-reactive ketones (excluding diaryl/α,β-unsaturated/α-hetero) is 1. The third kappa shape index (κ3) is 1.26. The van der Waals surface area contributed by atoms with Crippen LogP contribution in [0.4, 0.5) is 4.39 Å². The van der Waals surface area contributed by atoms with Crippen LogP contribution in [0.3, 0.4) is 0 Å². The predicted molar refractivity (Wildman–Crippen MR) is 48.1 cm³/mol. The molecular weight excluding hydrogens is 167 g/mol. The van der Waals surface area contributed by atoms with Crippen molar-refractivity contribution in [3.05, 3.63) is 35.1 Å². The molecule has 0 saturated heterocycles. The van der Waals surface area contributed by atoms with E-state index in [-0.39, 0.29) is 17.5 Å². The van der Waals surface area contributed by atoms with Gasteiger partial charge in [-0.3, -0.25) is 4.79 Å². The van der Waals surface area contributed by atoms with Crippen molar-refractivity contribution in [2.75, 3.05) is 0 Å². The van der Waals surface area contributed by atoms with Gasteiger partial charge < -0.3 is 0 Å². The number of ketones is 1. The first-order valence-electron chi connectivity index (χ1n) is 4.50. The van der Waals surface area contributed by atoms with Crippen LogP contribution >= 0.6 is 0 Å². The van der Waals surface area contributed by atoms with E-state index < -0.39 is 0 Å². The van der Waals surface area contributed by atoms with Gasteiger partial charge in [-0.2, -0.15) is 0 Å². The molecule has 2 rings (SSSR count). The molecule has 1 atom stereocenters. The number of benzene rings is 1. The lowest BCUT2D eigenvalue weighted by atomic mass is 9.83. The highest BCUT2D eigenvalue weighted by Crippen LogP contribution is 2.30. The second-order valence-corrected chi connectivity index (χ2v) is 3.50. The molecule has 1 aromatic rings. The van der Waals surface area contributed by atoms with Crippen molar-refractivity contribution in [2.45, 2.75) is 25.7 Å². The van der Waals surface area contributed by atoms with Crippen molar-refractivity contribution in [3.8, 4) is 0 Å². The molecule has 0 amide bonds. The standard InChI is InChI=1S/C11H11FO/c1-7-10(13)6-5-8-3-2-4-9(12)11(7)8/h2-4,7H,5-6H2,1H3. The van der Waals surface area contributed by atoms with Crippen LogP contribution in [0.2, 0.25) is 0 Å². The van der Waals surface area contributed by atoms with E-state index in [1.165, 1.54) is 6.07 Å². The van der Waals surface area contributed by atoms with E-state index in [0.717, 1.165) is 5.56 Å². The fourth-order valence-electron chi connectivity index (χ4n) is 1.92. The van der Waals surface area contributed by atoms with Crippen LogP contribution in [0.5, 0.6) is 0 Å². The molecule has 13 heavy (non-hydrogen) atoms. The van der Waals surface area contributed by atoms with Gasteiger partial charge in [0.05, 0.1) is 0 Å². The van der Waals surface area contributed by atoms with Crippen LogP contribution < -0.4 is 0 Å². The number of fused-ring (bicyclic) bond motifs is 1. The fraction of sp³-hybridized carbons (Fsp3) is 0.364. The van der Waals surface area contributed by atoms with Gasteiger partial charge in [0.2, 0.25) is 0 Å². The Hall–Kier alpha value is -1.18. The van der Waals surface area contributed by atoms with Crippen molar-refractivity contribution in [1.29, 1.82) is 0 Å². The van der Waals surface area contributed by atoms with Gasteiger partial charge in [-0.05, 0) is 18.1 Å². The molecule has 1 aliphatic carbocycles. The summed E-state index contributed by atoms with van der Waals surface area (Å²) in [5.74, 6) is -0.347. The summed E-state index contributed by atoms with van der Waals surface area (Å²) in [5.41, 5.74) is 1.60. The minimum absolute atomic E-state index is 0.151. The van der Waals surface area contributed by atoms with Gasteiger partial charge in [-0.1, -0.05) is 19.1 Å². The molecule has 0 N–H and O–H groups in total. The lowest BCUT2D eigenvalue weighted by molar-refractivity contribution is -0.120. The maximum absolute atomic E-state index is 13.3. The van der Waals surface area contributed by atoms with E-state index in [0.29, 0.717) is 18.4 Å². The third-order valence-electron chi connectivity index (χ3n) is 2.70. The second kappa shape index (κ2) is 2.95. The highest BCUT2D eigenvalue weighted by atomic mass is 19.1. The Labute approximate surface area is 76.6 Å². The first-order chi connectivity index (χ1) is 6.20. The van der Waals surface area contributed by atoms with Crippen LogP contribution in [0.25, 0.3) is 0 Å². The molecule has 0 bridgehead atoms. The van der Waals surface area contributed by atoms with Crippen LogP contribution in [-0.2, 0) is 11.2 Å². The first kappa shape index (κ1) is 8.42. The topological polar surface area (TPSA) is 17.1 Å². The molecule has 1 unspecified atom stereocenters. The highest BCUT2D eigenvalue weighted by molar-refractivity contribution is 5.87. The monoisotopic (exact) mass is 178 g/mol. The average Bonchev–Trinajstić information content (AvgIpc) is 2.12. The zero-order valence-corrected chi connectivity index (χ0v) is 7.51. The summed E-state index contributed by atoms with van der Waals surface area (Å²) in [6, 6.07) is 5.03. The third-order valence-corrected chi connectivity index (χ3v) is 2.70. The van der Waals surface area contributed by atoms with Crippen molar-refractivity contribution < 1.29 is 9.18 Å². The molecule has 1 nitrogen and oxygen atoms in total. The lowest BCUT2D eigenvalue weighted by Gasteiger charge is -2.21. The van der Waals surface area contributed by atoms with E-state index in [2.05, 4.69) is 0 Å². The first-order valence-corrected chi connectivity index (χ1v) is 4.50. The van der Waals surface area contributed by atoms with Gasteiger partial charge in [0.1, 0.15) is 11.6 Å². The molecule has 1 aromatic carbocycles. The van der Waals surface area contributed by atoms with E-state index in [1.54, 1.807) is 13.0 Å². The number of carbonyl (C=O) groups is 1. The predicted octanol–water partition coefficient (Wildman–Crippen LogP) is 2.44. The normalized spacial score (nSPS) is 21.4. The Morgan fingerprint density at radius 2 is 2.15 bits per heavy atom. The highest BCUT2D eigenvalue weighted by Gasteiger charge is 2.25. The Morgan fingerprint density at radius 1 is 1.38 bits per heavy atom. The summed E-state index contributed by atoms with van der Waals surface area (Å²) in [6.07, 6.45) is 1.24. The maximum atomic E-state index is 13.3. The molecule has 0 aromatic heterocycles. The molecular formula is C11H11FO. The van der Waals surface area contributed by atoms with E-state index >= 15 is 0 Å². The number of rotatable bonds is 0. The van der Waals surface area contributed by atoms with Crippen LogP contribution in [0.15, 0.2) is 18.2 Å². The van der Waals surface area contributed by atoms with Crippen LogP contribution in [0.1, 0.15) is 30.4 Å². The number of aryl methyl sites for hydroxylation is 1. The largest absolute Gasteiger partial charge is 0.299 e. The maximum Gasteiger partial charge on any atom is 0.140 e. The van der Waals surface area contributed by atoms with Gasteiger partial charge in [-0.25, -0.2) is 4.39 Å². The number of halogens is 1. The molecule has 0 aliphatic heterocycles. The van der Waals surface area contributed by atoms with Gasteiger partial charge in [-0.15, -0.1) is 0 Å². The Kier molecular flexibility index (Phi) is 1.91. The summed E-state index contributed by atoms with van der Waals surface area (Å²) in [6.45, 7) is 1.78. The summed E-state index contributed by atoms with van der Waals surface area (Å²) >= 11 is 0. The molecule has 1 aliphatic rings. The van der Waals surface area contributed by atoms with Gasteiger partial charge >= 0.3 is 0 Å². The van der Waals surface area contributed by atoms with E-state index in [4.69, 9.17) is 0 Å². The molecule has 0 fully saturated rings. The molecule has 0 radical (unpaired) electrons. The summed E-state index contributed by atoms with van der Waals surface area (Å²) in [5, 5.41) is 0. The SMILES string of the molecule is CC1C(=O)CCc2cccc(F)c21. The average molecular weight is 178 g/mol. The summed E-state index contributed by atoms with van der Waals surface area (Å²) in [7, 11) is 0. The summed E-state index contributed by atoms with van der Waals surface area (Å²) < 4.78 is 13.3. The summed E-state index contributed by atoms with van der Waals surface area (Å²) in [4.78, 5) is 11.3. The quantitative estimate of drug-likeness (QED) is 0.596. The minimum Gasteiger partial charge on any atom is -0.299 e. The molecule has 68 valence electrons. The number of hydrogen-bond donors (Lipinski definition) is 0. The molecule has 0 heterocycles. The number of hydrogen-bond acceptors (Lipinski definition) is 1. The number of carbonyl (C=O) groups excluding carboxylic acids is 1. The van der Waals surface area contributed by atoms with Gasteiger partial charge in [0.25, 0.3) is 0 Å². The van der Waals surface area contributed by atoms with Gasteiger partial charge in [0.15, 0.2) is 0 Å². The zero-order valence-electron chi connectivity index (χ0n) is 7.51. The van der Waals surface area contributed by atoms with Crippen molar-refractivity contribution in [2.24, 2.45) is 0 Å². The van der Waals surface area contributed by atoms with Crippen LogP contribution in [0, 0.1) is 5.82 Å². The van der Waals surface area contributed by atoms with Crippen molar-refractivity contribution >= 4 is 5.78 Å². The Morgan fingerprint density at radius 3 is 2.92 bits per heavy atom. The van der Waals surface area contributed by atoms with Crippen molar-refractivity contribution in [1.82, 2.24) is 0 Å². The molecule has 0 saturated carbocycles. The van der Waals surface area contributed by atoms with E-state index in [1.807, 2.05) is 6.07 Å². The van der Waals surface area contributed by atoms with Gasteiger partial charge in [0, 0.05) is 17.9 Å². The molecule has 2 heteroatoms. The second-order valence-electron chi connectivity index (χ2n) is 3.50. The van der Waals surface area contributed by atoms with E-state index in [9.17, 15) is 9.18 Å². The Balaban J connectivity index is 2.57. The Bertz CT molecular complexity index is 357. The van der Waals surface area contributed by atoms with Crippen molar-refractivity contribution in [3.63, 3.8) is 0 Å². The fourth-order valence-corrected chi connectivity index (χ4v) is 1.92. The smallest absolute Gasteiger partial charge is 0.140 e. The lowest BCUT2D eigenvalue weighted by Crippen LogP contribution is -2.19. The minimum atomic E-state index is -0.259. The zero-order chi connectivity index (χ0) is 9.42. The molecule has 0 spiro atoms.